The fourth-order valence-corrected chi connectivity index (χ4v) is 4.15. The average Bonchev–Trinajstić information content (AvgIpc) is 2.91. The van der Waals surface area contributed by atoms with Crippen molar-refractivity contribution in [2.45, 2.75) is 26.2 Å². The summed E-state index contributed by atoms with van der Waals surface area (Å²) < 4.78 is 5.02. The molecule has 29 heavy (non-hydrogen) atoms. The van der Waals surface area contributed by atoms with Crippen molar-refractivity contribution in [2.24, 2.45) is 4.99 Å². The molecule has 0 amide bonds. The Hall–Kier alpha value is -2.66. The molecule has 1 fully saturated rings. The van der Waals surface area contributed by atoms with Gasteiger partial charge < -0.3 is 9.64 Å². The van der Waals surface area contributed by atoms with Crippen molar-refractivity contribution in [2.75, 3.05) is 39.3 Å². The smallest absolute Gasteiger partial charge is 0.305 e. The molecule has 4 rings (SSSR count). The summed E-state index contributed by atoms with van der Waals surface area (Å²) >= 11 is 0. The second-order valence-electron chi connectivity index (χ2n) is 7.64. The van der Waals surface area contributed by atoms with Gasteiger partial charge in [-0.2, -0.15) is 0 Å². The molecule has 0 radical (unpaired) electrons. The predicted molar refractivity (Wildman–Crippen MR) is 116 cm³/mol. The second kappa shape index (κ2) is 9.23. The van der Waals surface area contributed by atoms with Crippen LogP contribution in [0, 0.1) is 0 Å². The van der Waals surface area contributed by atoms with Gasteiger partial charge in [-0.05, 0) is 37.1 Å². The van der Waals surface area contributed by atoms with E-state index in [1.54, 1.807) is 0 Å². The molecule has 0 aliphatic carbocycles. The van der Waals surface area contributed by atoms with E-state index in [-0.39, 0.29) is 5.97 Å². The summed E-state index contributed by atoms with van der Waals surface area (Å²) in [5, 5.41) is 0. The lowest BCUT2D eigenvalue weighted by Gasteiger charge is -2.36. The third-order valence-corrected chi connectivity index (χ3v) is 5.69. The van der Waals surface area contributed by atoms with Crippen LogP contribution in [0.5, 0.6) is 0 Å². The molecule has 0 N–H and O–H groups in total. The van der Waals surface area contributed by atoms with E-state index in [0.717, 1.165) is 57.1 Å². The lowest BCUT2D eigenvalue weighted by atomic mass is 9.99. The number of ether oxygens (including phenoxy) is 1. The number of piperazine rings is 1. The molecule has 2 aromatic carbocycles. The van der Waals surface area contributed by atoms with E-state index < -0.39 is 0 Å². The van der Waals surface area contributed by atoms with Gasteiger partial charge in [-0.15, -0.1) is 0 Å². The van der Waals surface area contributed by atoms with Gasteiger partial charge in [-0.3, -0.25) is 9.69 Å². The number of carbonyl (C=O) groups is 1. The number of benzene rings is 2. The van der Waals surface area contributed by atoms with Crippen LogP contribution in [0.3, 0.4) is 0 Å². The van der Waals surface area contributed by atoms with Crippen LogP contribution in [0.15, 0.2) is 53.5 Å². The molecule has 152 valence electrons. The summed E-state index contributed by atoms with van der Waals surface area (Å²) in [5.41, 5.74) is 4.95. The molecule has 2 aliphatic heterocycles. The Kier molecular flexibility index (Phi) is 6.25. The zero-order chi connectivity index (χ0) is 20.1. The fourth-order valence-electron chi connectivity index (χ4n) is 4.15. The Morgan fingerprint density at radius 3 is 2.52 bits per heavy atom. The number of carbonyl (C=O) groups excluding carboxylic acids is 1. The van der Waals surface area contributed by atoms with Gasteiger partial charge in [0.05, 0.1) is 12.3 Å². The Bertz CT molecular complexity index is 885. The van der Waals surface area contributed by atoms with Crippen molar-refractivity contribution in [3.05, 3.63) is 65.2 Å². The third-order valence-electron chi connectivity index (χ3n) is 5.69. The molecule has 0 aromatic heterocycles. The highest BCUT2D eigenvalue weighted by atomic mass is 16.5. The number of rotatable bonds is 5. The number of aliphatic imine (C=N–C) groups is 1. The number of nitrogens with zero attached hydrogens (tertiary/aromatic N) is 3. The van der Waals surface area contributed by atoms with Crippen LogP contribution in [0.25, 0.3) is 0 Å². The minimum absolute atomic E-state index is 0.0887. The predicted octanol–water partition coefficient (Wildman–Crippen LogP) is 3.63. The largest absolute Gasteiger partial charge is 0.466 e. The standard InChI is InChI=1S/C24H29N3O2/c1-2-29-23(28)12-7-13-26-14-16-27(17-15-26)24-21-10-5-3-8-19(21)18-20-9-4-6-11-22(20)25-24/h3-6,8-11H,2,7,12-18H2,1H3. The van der Waals surface area contributed by atoms with Crippen LogP contribution in [-0.2, 0) is 16.0 Å². The maximum atomic E-state index is 11.5. The third kappa shape index (κ3) is 4.67. The first-order valence-electron chi connectivity index (χ1n) is 10.6. The summed E-state index contributed by atoms with van der Waals surface area (Å²) in [4.78, 5) is 21.5. The lowest BCUT2D eigenvalue weighted by Crippen LogP contribution is -2.49. The number of para-hydroxylation sites is 1. The van der Waals surface area contributed by atoms with E-state index >= 15 is 0 Å². The number of hydrogen-bond acceptors (Lipinski definition) is 5. The van der Waals surface area contributed by atoms with Gasteiger partial charge in [0.15, 0.2) is 0 Å². The molecule has 5 heteroatoms. The van der Waals surface area contributed by atoms with Crippen molar-refractivity contribution in [1.29, 1.82) is 0 Å². The van der Waals surface area contributed by atoms with Gasteiger partial charge in [0.2, 0.25) is 0 Å². The zero-order valence-corrected chi connectivity index (χ0v) is 17.1. The Balaban J connectivity index is 1.44. The summed E-state index contributed by atoms with van der Waals surface area (Å²) in [5.74, 6) is 1.01. The molecule has 1 saturated heterocycles. The van der Waals surface area contributed by atoms with E-state index in [4.69, 9.17) is 9.73 Å². The van der Waals surface area contributed by atoms with Crippen LogP contribution in [0.4, 0.5) is 5.69 Å². The monoisotopic (exact) mass is 391 g/mol. The summed E-state index contributed by atoms with van der Waals surface area (Å²) in [7, 11) is 0. The SMILES string of the molecule is CCOC(=O)CCCN1CCN(C2=Nc3ccccc3Cc3ccccc32)CC1. The number of amidine groups is 1. The van der Waals surface area contributed by atoms with Crippen molar-refractivity contribution in [3.8, 4) is 0 Å². The molecule has 0 unspecified atom stereocenters. The van der Waals surface area contributed by atoms with E-state index in [2.05, 4.69) is 58.3 Å². The molecule has 0 saturated carbocycles. The minimum atomic E-state index is -0.0887. The van der Waals surface area contributed by atoms with Gasteiger partial charge in [0.1, 0.15) is 5.84 Å². The molecule has 2 aromatic rings. The van der Waals surface area contributed by atoms with Gasteiger partial charge in [0.25, 0.3) is 0 Å². The first kappa shape index (κ1) is 19.6. The molecule has 2 aliphatic rings. The Morgan fingerprint density at radius 2 is 1.72 bits per heavy atom. The van der Waals surface area contributed by atoms with Crippen LogP contribution in [0.2, 0.25) is 0 Å². The van der Waals surface area contributed by atoms with E-state index in [1.807, 2.05) is 6.92 Å². The molecule has 2 heterocycles. The van der Waals surface area contributed by atoms with Crippen LogP contribution in [-0.4, -0.2) is 60.9 Å². The highest BCUT2D eigenvalue weighted by molar-refractivity contribution is 6.02. The van der Waals surface area contributed by atoms with Crippen LogP contribution in [0.1, 0.15) is 36.5 Å². The minimum Gasteiger partial charge on any atom is -0.466 e. The van der Waals surface area contributed by atoms with E-state index in [0.29, 0.717) is 13.0 Å². The van der Waals surface area contributed by atoms with Gasteiger partial charge >= 0.3 is 5.97 Å². The molecule has 0 spiro atoms. The molecule has 0 bridgehead atoms. The fraction of sp³-hybridized carbons (Fsp3) is 0.417. The Morgan fingerprint density at radius 1 is 1.00 bits per heavy atom. The number of esters is 1. The van der Waals surface area contributed by atoms with E-state index in [9.17, 15) is 4.79 Å². The van der Waals surface area contributed by atoms with Crippen molar-refractivity contribution < 1.29 is 9.53 Å². The molecule has 5 nitrogen and oxygen atoms in total. The molecular weight excluding hydrogens is 362 g/mol. The van der Waals surface area contributed by atoms with Crippen LogP contribution >= 0.6 is 0 Å². The highest BCUT2D eigenvalue weighted by Gasteiger charge is 2.24. The number of fused-ring (bicyclic) bond motifs is 2. The zero-order valence-electron chi connectivity index (χ0n) is 17.1. The quantitative estimate of drug-likeness (QED) is 0.730. The normalized spacial score (nSPS) is 16.4. The van der Waals surface area contributed by atoms with Gasteiger partial charge in [0, 0.05) is 44.6 Å². The highest BCUT2D eigenvalue weighted by Crippen LogP contribution is 2.29. The number of hydrogen-bond donors (Lipinski definition) is 0. The topological polar surface area (TPSA) is 45.1 Å². The van der Waals surface area contributed by atoms with Gasteiger partial charge in [-0.25, -0.2) is 4.99 Å². The maximum absolute atomic E-state index is 11.5. The summed E-state index contributed by atoms with van der Waals surface area (Å²) in [6.45, 7) is 7.15. The van der Waals surface area contributed by atoms with Crippen molar-refractivity contribution >= 4 is 17.5 Å². The first-order valence-corrected chi connectivity index (χ1v) is 10.6. The Labute approximate surface area is 173 Å². The second-order valence-corrected chi connectivity index (χ2v) is 7.64. The maximum Gasteiger partial charge on any atom is 0.305 e. The van der Waals surface area contributed by atoms with Crippen molar-refractivity contribution in [3.63, 3.8) is 0 Å². The summed E-state index contributed by atoms with van der Waals surface area (Å²) in [6, 6.07) is 17.1. The van der Waals surface area contributed by atoms with Gasteiger partial charge in [-0.1, -0.05) is 42.5 Å². The van der Waals surface area contributed by atoms with Crippen molar-refractivity contribution in [1.82, 2.24) is 9.80 Å². The van der Waals surface area contributed by atoms with E-state index in [1.165, 1.54) is 16.7 Å². The molecular formula is C24H29N3O2. The first-order chi connectivity index (χ1) is 14.2. The average molecular weight is 392 g/mol. The lowest BCUT2D eigenvalue weighted by molar-refractivity contribution is -0.143. The molecule has 0 atom stereocenters. The van der Waals surface area contributed by atoms with Crippen LogP contribution < -0.4 is 0 Å². The summed E-state index contributed by atoms with van der Waals surface area (Å²) in [6.07, 6.45) is 2.29.